The molecular formula is C24H23BrClN3O6. The van der Waals surface area contributed by atoms with Gasteiger partial charge < -0.3 is 29.0 Å². The van der Waals surface area contributed by atoms with Gasteiger partial charge in [-0.1, -0.05) is 11.6 Å². The fourth-order valence-corrected chi connectivity index (χ4v) is 4.87. The minimum Gasteiger partial charge on any atom is -0.493 e. The van der Waals surface area contributed by atoms with Crippen LogP contribution in [0.4, 0.5) is 11.5 Å². The number of carbonyl (C=O) groups excluding carboxylic acids is 1. The summed E-state index contributed by atoms with van der Waals surface area (Å²) in [5, 5.41) is 4.61. The summed E-state index contributed by atoms with van der Waals surface area (Å²) in [6.45, 7) is 3.77. The van der Waals surface area contributed by atoms with Crippen LogP contribution in [0.1, 0.15) is 13.8 Å². The minimum atomic E-state index is -0.786. The van der Waals surface area contributed by atoms with E-state index in [1.807, 2.05) is 25.1 Å². The predicted octanol–water partition coefficient (Wildman–Crippen LogP) is 4.66. The van der Waals surface area contributed by atoms with Gasteiger partial charge in [-0.05, 0) is 47.1 Å². The van der Waals surface area contributed by atoms with Gasteiger partial charge in [-0.25, -0.2) is 9.97 Å². The maximum absolute atomic E-state index is 11.5. The van der Waals surface area contributed by atoms with E-state index in [9.17, 15) is 4.79 Å². The molecule has 5 rings (SSSR count). The second-order valence-corrected chi connectivity index (χ2v) is 9.76. The Hall–Kier alpha value is -2.66. The lowest BCUT2D eigenvalue weighted by Crippen LogP contribution is -2.46. The molecule has 11 heteroatoms. The zero-order valence-corrected chi connectivity index (χ0v) is 21.6. The van der Waals surface area contributed by atoms with Crippen LogP contribution < -0.4 is 14.8 Å². The van der Waals surface area contributed by atoms with Crippen molar-refractivity contribution in [1.29, 1.82) is 0 Å². The van der Waals surface area contributed by atoms with Crippen molar-refractivity contribution in [2.75, 3.05) is 25.6 Å². The molecule has 1 N–H and O–H groups in total. The van der Waals surface area contributed by atoms with Crippen LogP contribution in [0.15, 0.2) is 41.1 Å². The Balaban J connectivity index is 1.42. The highest BCUT2D eigenvalue weighted by atomic mass is 79.9. The van der Waals surface area contributed by atoms with Gasteiger partial charge in [0.15, 0.2) is 23.7 Å². The number of nitrogens with one attached hydrogen (secondary N) is 1. The maximum Gasteiger partial charge on any atom is 0.303 e. The zero-order valence-electron chi connectivity index (χ0n) is 19.2. The van der Waals surface area contributed by atoms with Crippen LogP contribution in [0.25, 0.3) is 10.9 Å². The first-order valence-electron chi connectivity index (χ1n) is 10.9. The van der Waals surface area contributed by atoms with Gasteiger partial charge in [-0.3, -0.25) is 4.79 Å². The van der Waals surface area contributed by atoms with Crippen molar-refractivity contribution in [2.45, 2.75) is 37.8 Å². The summed E-state index contributed by atoms with van der Waals surface area (Å²) in [5.41, 5.74) is 0.653. The van der Waals surface area contributed by atoms with E-state index in [0.717, 1.165) is 15.5 Å². The molecule has 184 valence electrons. The van der Waals surface area contributed by atoms with E-state index in [-0.39, 0.29) is 19.2 Å². The van der Waals surface area contributed by atoms with Crippen LogP contribution in [0.2, 0.25) is 5.02 Å². The van der Waals surface area contributed by atoms with E-state index in [0.29, 0.717) is 27.9 Å². The van der Waals surface area contributed by atoms with Crippen LogP contribution in [0.3, 0.4) is 0 Å². The molecule has 0 aliphatic carbocycles. The standard InChI is InChI=1S/C24H23BrClN3O6/c1-12(30)34-21-10-32-22-20(9-33-24(21,22)2)35-19-8-17-14(7-18(19)31-3)23(28-11-27-17)29-13-4-5-15(25)16(26)6-13/h4-8,11,20-22H,9-10H2,1-3H3,(H,27,28,29)/t20-,21-,22+,24+/m1/s1. The van der Waals surface area contributed by atoms with E-state index < -0.39 is 23.9 Å². The largest absolute Gasteiger partial charge is 0.493 e. The van der Waals surface area contributed by atoms with Gasteiger partial charge in [0, 0.05) is 28.5 Å². The van der Waals surface area contributed by atoms with Crippen molar-refractivity contribution in [3.05, 3.63) is 46.2 Å². The molecule has 0 saturated carbocycles. The normalized spacial score (nSPS) is 25.3. The number of methoxy groups -OCH3 is 1. The fourth-order valence-electron chi connectivity index (χ4n) is 4.44. The van der Waals surface area contributed by atoms with E-state index in [1.165, 1.54) is 13.3 Å². The molecule has 0 amide bonds. The number of ether oxygens (including phenoxy) is 5. The molecular weight excluding hydrogens is 542 g/mol. The number of fused-ring (bicyclic) bond motifs is 2. The highest BCUT2D eigenvalue weighted by Gasteiger charge is 2.59. The van der Waals surface area contributed by atoms with E-state index in [4.69, 9.17) is 35.3 Å². The number of rotatable bonds is 6. The number of nitrogens with zero attached hydrogens (tertiary/aromatic N) is 2. The van der Waals surface area contributed by atoms with Crippen LogP contribution >= 0.6 is 27.5 Å². The van der Waals surface area contributed by atoms with Gasteiger partial charge in [-0.2, -0.15) is 0 Å². The van der Waals surface area contributed by atoms with Crippen LogP contribution in [0, 0.1) is 0 Å². The second kappa shape index (κ2) is 9.42. The maximum atomic E-state index is 11.5. The highest BCUT2D eigenvalue weighted by molar-refractivity contribution is 9.10. The Morgan fingerprint density at radius 1 is 1.23 bits per heavy atom. The Bertz CT molecular complexity index is 1290. The SMILES string of the molecule is COc1cc2c(Nc3ccc(Br)c(Cl)c3)ncnc2cc1O[C@@H]1CO[C@@]2(C)[C@H](OC(C)=O)CO[C@@H]12. The van der Waals surface area contributed by atoms with Gasteiger partial charge in [0.1, 0.15) is 23.9 Å². The zero-order chi connectivity index (χ0) is 24.7. The van der Waals surface area contributed by atoms with Gasteiger partial charge in [0.2, 0.25) is 0 Å². The third kappa shape index (κ3) is 4.51. The van der Waals surface area contributed by atoms with Gasteiger partial charge in [0.25, 0.3) is 0 Å². The van der Waals surface area contributed by atoms with E-state index in [2.05, 4.69) is 31.2 Å². The molecule has 0 spiro atoms. The summed E-state index contributed by atoms with van der Waals surface area (Å²) < 4.78 is 30.1. The molecule has 4 atom stereocenters. The van der Waals surface area contributed by atoms with Gasteiger partial charge >= 0.3 is 5.97 Å². The van der Waals surface area contributed by atoms with E-state index in [1.54, 1.807) is 19.2 Å². The van der Waals surface area contributed by atoms with Crippen molar-refractivity contribution in [3.63, 3.8) is 0 Å². The summed E-state index contributed by atoms with van der Waals surface area (Å²) in [6, 6.07) is 9.16. The number of hydrogen-bond donors (Lipinski definition) is 1. The van der Waals surface area contributed by atoms with Crippen molar-refractivity contribution in [1.82, 2.24) is 9.97 Å². The molecule has 2 aliphatic rings. The number of anilines is 2. The summed E-state index contributed by atoms with van der Waals surface area (Å²) in [5.74, 6) is 1.22. The lowest BCUT2D eigenvalue weighted by Gasteiger charge is -2.28. The first-order valence-corrected chi connectivity index (χ1v) is 12.1. The van der Waals surface area contributed by atoms with Crippen LogP contribution in [-0.2, 0) is 19.0 Å². The number of carbonyl (C=O) groups is 1. The Morgan fingerprint density at radius 2 is 2.06 bits per heavy atom. The lowest BCUT2D eigenvalue weighted by atomic mass is 9.94. The summed E-state index contributed by atoms with van der Waals surface area (Å²) in [7, 11) is 1.57. The molecule has 0 unspecified atom stereocenters. The Labute approximate surface area is 215 Å². The number of esters is 1. The first kappa shape index (κ1) is 24.1. The van der Waals surface area contributed by atoms with Crippen molar-refractivity contribution >= 4 is 55.9 Å². The molecule has 2 fully saturated rings. The number of hydrogen-bond acceptors (Lipinski definition) is 9. The van der Waals surface area contributed by atoms with E-state index >= 15 is 0 Å². The third-order valence-corrected chi connectivity index (χ3v) is 7.45. The first-order chi connectivity index (χ1) is 16.8. The average Bonchev–Trinajstić information content (AvgIpc) is 3.31. The number of aromatic nitrogens is 2. The topological polar surface area (TPSA) is 101 Å². The molecule has 0 bridgehead atoms. The smallest absolute Gasteiger partial charge is 0.303 e. The summed E-state index contributed by atoms with van der Waals surface area (Å²) in [4.78, 5) is 20.3. The molecule has 9 nitrogen and oxygen atoms in total. The van der Waals surface area contributed by atoms with Crippen LogP contribution in [0.5, 0.6) is 11.5 Å². The van der Waals surface area contributed by atoms with Crippen LogP contribution in [-0.4, -0.2) is 60.2 Å². The molecule has 2 saturated heterocycles. The molecule has 3 heterocycles. The molecule has 35 heavy (non-hydrogen) atoms. The summed E-state index contributed by atoms with van der Waals surface area (Å²) in [6.07, 6.45) is 0.153. The number of halogens is 2. The average molecular weight is 565 g/mol. The quantitative estimate of drug-likeness (QED) is 0.428. The summed E-state index contributed by atoms with van der Waals surface area (Å²) >= 11 is 9.62. The molecule has 0 radical (unpaired) electrons. The molecule has 3 aromatic rings. The van der Waals surface area contributed by atoms with Crippen molar-refractivity contribution in [2.24, 2.45) is 0 Å². The van der Waals surface area contributed by atoms with Gasteiger partial charge in [0.05, 0.1) is 30.9 Å². The molecule has 1 aromatic heterocycles. The third-order valence-electron chi connectivity index (χ3n) is 6.22. The van der Waals surface area contributed by atoms with Crippen molar-refractivity contribution in [3.8, 4) is 11.5 Å². The lowest BCUT2D eigenvalue weighted by molar-refractivity contribution is -0.157. The Morgan fingerprint density at radius 3 is 2.80 bits per heavy atom. The molecule has 2 aromatic carbocycles. The second-order valence-electron chi connectivity index (χ2n) is 8.50. The fraction of sp³-hybridized carbons (Fsp3) is 0.375. The van der Waals surface area contributed by atoms with Gasteiger partial charge in [-0.15, -0.1) is 0 Å². The monoisotopic (exact) mass is 563 g/mol. The minimum absolute atomic E-state index is 0.248. The number of benzene rings is 2. The molecule has 2 aliphatic heterocycles. The predicted molar refractivity (Wildman–Crippen MR) is 133 cm³/mol. The Kier molecular flexibility index (Phi) is 6.47. The van der Waals surface area contributed by atoms with Crippen molar-refractivity contribution < 1.29 is 28.5 Å². The highest BCUT2D eigenvalue weighted by Crippen LogP contribution is 2.42.